The van der Waals surface area contributed by atoms with E-state index in [1.54, 1.807) is 0 Å². The molecule has 15 heavy (non-hydrogen) atoms. The molecule has 0 aliphatic rings. The number of methoxy groups -OCH3 is 1. The van der Waals surface area contributed by atoms with Crippen LogP contribution in [0.2, 0.25) is 0 Å². The molecule has 0 saturated heterocycles. The maximum atomic E-state index is 11.5. The van der Waals surface area contributed by atoms with E-state index in [4.69, 9.17) is 10.5 Å². The number of nitrogens with one attached hydrogen (secondary N) is 1. The van der Waals surface area contributed by atoms with Gasteiger partial charge in [0.2, 0.25) is 5.91 Å². The molecule has 90 valence electrons. The molecule has 0 heterocycles. The summed E-state index contributed by atoms with van der Waals surface area (Å²) in [5.41, 5.74) is 5.68. The molecule has 1 amide bonds. The first-order valence-corrected chi connectivity index (χ1v) is 5.33. The van der Waals surface area contributed by atoms with Crippen LogP contribution in [0.3, 0.4) is 0 Å². The second-order valence-corrected chi connectivity index (χ2v) is 4.92. The second-order valence-electron chi connectivity index (χ2n) is 4.92. The van der Waals surface area contributed by atoms with Crippen LogP contribution < -0.4 is 11.1 Å². The normalized spacial score (nSPS) is 14.1. The lowest BCUT2D eigenvalue weighted by atomic mass is 9.81. The third kappa shape index (κ3) is 5.14. The highest BCUT2D eigenvalue weighted by molar-refractivity contribution is 5.81. The molecule has 0 bridgehead atoms. The zero-order valence-corrected chi connectivity index (χ0v) is 10.5. The van der Waals surface area contributed by atoms with Gasteiger partial charge in [-0.1, -0.05) is 27.7 Å². The maximum absolute atomic E-state index is 11.5. The summed E-state index contributed by atoms with van der Waals surface area (Å²) >= 11 is 0. The molecular weight excluding hydrogens is 192 g/mol. The van der Waals surface area contributed by atoms with E-state index in [2.05, 4.69) is 33.0 Å². The number of hydrogen-bond acceptors (Lipinski definition) is 3. The van der Waals surface area contributed by atoms with Crippen molar-refractivity contribution < 1.29 is 9.53 Å². The zero-order valence-electron chi connectivity index (χ0n) is 10.5. The first-order valence-electron chi connectivity index (χ1n) is 5.33. The number of carbonyl (C=O) groups is 1. The van der Waals surface area contributed by atoms with E-state index in [1.807, 2.05) is 0 Å². The molecule has 0 spiro atoms. The van der Waals surface area contributed by atoms with Crippen molar-refractivity contribution in [3.63, 3.8) is 0 Å². The lowest BCUT2D eigenvalue weighted by Gasteiger charge is -2.29. The summed E-state index contributed by atoms with van der Waals surface area (Å²) in [7, 11) is 1.53. The van der Waals surface area contributed by atoms with Crippen molar-refractivity contribution in [2.24, 2.45) is 17.1 Å². The van der Waals surface area contributed by atoms with Gasteiger partial charge in [-0.25, -0.2) is 0 Å². The smallest absolute Gasteiger partial charge is 0.239 e. The summed E-state index contributed by atoms with van der Waals surface area (Å²) in [6, 6.07) is -0.571. The fraction of sp³-hybridized carbons (Fsp3) is 0.909. The van der Waals surface area contributed by atoms with Crippen LogP contribution in [0.25, 0.3) is 0 Å². The van der Waals surface area contributed by atoms with Gasteiger partial charge in [-0.3, -0.25) is 4.79 Å². The minimum atomic E-state index is -0.571. The Kier molecular flexibility index (Phi) is 5.83. The summed E-state index contributed by atoms with van der Waals surface area (Å²) < 4.78 is 4.82. The van der Waals surface area contributed by atoms with Crippen molar-refractivity contribution in [2.75, 3.05) is 20.3 Å². The van der Waals surface area contributed by atoms with Crippen LogP contribution in [-0.2, 0) is 9.53 Å². The topological polar surface area (TPSA) is 64.3 Å². The fourth-order valence-corrected chi connectivity index (χ4v) is 0.905. The van der Waals surface area contributed by atoms with E-state index in [9.17, 15) is 4.79 Å². The van der Waals surface area contributed by atoms with Crippen LogP contribution in [0.4, 0.5) is 0 Å². The molecule has 1 atom stereocenters. The Bertz CT molecular complexity index is 203. The average Bonchev–Trinajstić information content (AvgIpc) is 2.14. The molecule has 0 rings (SSSR count). The van der Waals surface area contributed by atoms with Crippen LogP contribution >= 0.6 is 0 Å². The van der Waals surface area contributed by atoms with E-state index in [0.29, 0.717) is 12.5 Å². The van der Waals surface area contributed by atoms with Crippen molar-refractivity contribution in [1.29, 1.82) is 0 Å². The van der Waals surface area contributed by atoms with Crippen LogP contribution in [0.5, 0.6) is 0 Å². The Hall–Kier alpha value is -0.610. The van der Waals surface area contributed by atoms with Crippen LogP contribution in [-0.4, -0.2) is 32.2 Å². The van der Waals surface area contributed by atoms with E-state index in [0.717, 1.165) is 0 Å². The predicted molar refractivity (Wildman–Crippen MR) is 61.5 cm³/mol. The highest BCUT2D eigenvalue weighted by Crippen LogP contribution is 2.24. The van der Waals surface area contributed by atoms with Gasteiger partial charge in [0.15, 0.2) is 0 Å². The highest BCUT2D eigenvalue weighted by Gasteiger charge is 2.24. The third-order valence-corrected chi connectivity index (χ3v) is 2.96. The Labute approximate surface area is 92.6 Å². The summed E-state index contributed by atoms with van der Waals surface area (Å²) in [5.74, 6) is 0.363. The Morgan fingerprint density at radius 1 is 1.47 bits per heavy atom. The van der Waals surface area contributed by atoms with Gasteiger partial charge >= 0.3 is 0 Å². The molecule has 0 fully saturated rings. The first kappa shape index (κ1) is 14.4. The number of nitrogens with two attached hydrogens (primary N) is 1. The van der Waals surface area contributed by atoms with Gasteiger partial charge in [-0.2, -0.15) is 0 Å². The molecule has 0 aliphatic heterocycles. The van der Waals surface area contributed by atoms with Gasteiger partial charge < -0.3 is 15.8 Å². The molecule has 1 unspecified atom stereocenters. The monoisotopic (exact) mass is 216 g/mol. The first-order chi connectivity index (χ1) is 6.81. The largest absolute Gasteiger partial charge is 0.383 e. The third-order valence-electron chi connectivity index (χ3n) is 2.96. The van der Waals surface area contributed by atoms with Gasteiger partial charge in [0.05, 0.1) is 6.61 Å². The SMILES string of the molecule is COCC(N)C(=O)NCC(C)(C)C(C)C. The van der Waals surface area contributed by atoms with Gasteiger partial charge in [-0.15, -0.1) is 0 Å². The summed E-state index contributed by atoms with van der Waals surface area (Å²) in [6.07, 6.45) is 0. The minimum Gasteiger partial charge on any atom is -0.383 e. The maximum Gasteiger partial charge on any atom is 0.239 e. The molecule has 4 nitrogen and oxygen atoms in total. The summed E-state index contributed by atoms with van der Waals surface area (Å²) in [5, 5.41) is 2.84. The molecule has 0 aromatic heterocycles. The quantitative estimate of drug-likeness (QED) is 0.689. The molecule has 0 aromatic carbocycles. The zero-order chi connectivity index (χ0) is 12.1. The van der Waals surface area contributed by atoms with Crippen LogP contribution in [0, 0.1) is 11.3 Å². The molecule has 3 N–H and O–H groups in total. The number of carbonyl (C=O) groups excluding carboxylic acids is 1. The number of ether oxygens (including phenoxy) is 1. The highest BCUT2D eigenvalue weighted by atomic mass is 16.5. The van der Waals surface area contributed by atoms with E-state index in [1.165, 1.54) is 7.11 Å². The van der Waals surface area contributed by atoms with E-state index in [-0.39, 0.29) is 17.9 Å². The summed E-state index contributed by atoms with van der Waals surface area (Å²) in [6.45, 7) is 9.43. The molecule has 4 heteroatoms. The van der Waals surface area contributed by atoms with Crippen molar-refractivity contribution in [3.8, 4) is 0 Å². The average molecular weight is 216 g/mol. The van der Waals surface area contributed by atoms with Crippen molar-refractivity contribution in [2.45, 2.75) is 33.7 Å². The molecule has 0 saturated carbocycles. The van der Waals surface area contributed by atoms with Crippen molar-refractivity contribution in [1.82, 2.24) is 5.32 Å². The van der Waals surface area contributed by atoms with Crippen molar-refractivity contribution in [3.05, 3.63) is 0 Å². The molecular formula is C11H24N2O2. The summed E-state index contributed by atoms with van der Waals surface area (Å²) in [4.78, 5) is 11.5. The molecule has 0 aromatic rings. The molecule has 0 aliphatic carbocycles. The Morgan fingerprint density at radius 3 is 2.40 bits per heavy atom. The number of hydrogen-bond donors (Lipinski definition) is 2. The second kappa shape index (κ2) is 6.08. The fourth-order valence-electron chi connectivity index (χ4n) is 0.905. The van der Waals surface area contributed by atoms with Gasteiger partial charge in [-0.05, 0) is 11.3 Å². The van der Waals surface area contributed by atoms with Crippen LogP contribution in [0.15, 0.2) is 0 Å². The standard InChI is InChI=1S/C11H24N2O2/c1-8(2)11(3,4)7-13-10(14)9(12)6-15-5/h8-9H,6-7,12H2,1-5H3,(H,13,14). The lowest BCUT2D eigenvalue weighted by molar-refractivity contribution is -0.124. The van der Waals surface area contributed by atoms with Crippen LogP contribution in [0.1, 0.15) is 27.7 Å². The van der Waals surface area contributed by atoms with E-state index >= 15 is 0 Å². The predicted octanol–water partition coefficient (Wildman–Crippen LogP) is 0.759. The van der Waals surface area contributed by atoms with Gasteiger partial charge in [0.25, 0.3) is 0 Å². The number of rotatable bonds is 6. The molecule has 0 radical (unpaired) electrons. The van der Waals surface area contributed by atoms with Gasteiger partial charge in [0, 0.05) is 13.7 Å². The van der Waals surface area contributed by atoms with Crippen molar-refractivity contribution >= 4 is 5.91 Å². The number of amides is 1. The minimum absolute atomic E-state index is 0.0858. The lowest BCUT2D eigenvalue weighted by Crippen LogP contribution is -2.47. The van der Waals surface area contributed by atoms with E-state index < -0.39 is 6.04 Å². The Balaban J connectivity index is 4.00. The van der Waals surface area contributed by atoms with Gasteiger partial charge in [0.1, 0.15) is 6.04 Å². The Morgan fingerprint density at radius 2 is 2.00 bits per heavy atom.